The molecule has 0 saturated carbocycles. The van der Waals surface area contributed by atoms with Crippen LogP contribution in [0.5, 0.6) is 0 Å². The van der Waals surface area contributed by atoms with Gasteiger partial charge in [0.25, 0.3) is 0 Å². The smallest absolute Gasteiger partial charge is 0.234 e. The average Bonchev–Trinajstić information content (AvgIpc) is 3.21. The van der Waals surface area contributed by atoms with Gasteiger partial charge in [-0.3, -0.25) is 9.59 Å². The van der Waals surface area contributed by atoms with Crippen molar-refractivity contribution in [2.75, 3.05) is 35.2 Å². The lowest BCUT2D eigenvalue weighted by Gasteiger charge is -2.20. The van der Waals surface area contributed by atoms with E-state index in [0.717, 1.165) is 54.5 Å². The number of hydrogen-bond donors (Lipinski definition) is 2. The molecular formula is C24H28N4O2S4. The summed E-state index contributed by atoms with van der Waals surface area (Å²) >= 11 is 9.67. The normalized spacial score (nSPS) is 10.8. The molecule has 2 N–H and O–H groups in total. The van der Waals surface area contributed by atoms with E-state index < -0.39 is 0 Å². The number of rotatable bonds is 9. The predicted octanol–water partition coefficient (Wildman–Crippen LogP) is 5.94. The number of thiocarbonyl (C=S) groups is 1. The highest BCUT2D eigenvalue weighted by Crippen LogP contribution is 2.31. The maximum absolute atomic E-state index is 12.4. The minimum atomic E-state index is -0.0963. The molecule has 2 amide bonds. The van der Waals surface area contributed by atoms with E-state index in [0.29, 0.717) is 0 Å². The molecule has 0 spiro atoms. The van der Waals surface area contributed by atoms with Crippen molar-refractivity contribution < 1.29 is 9.59 Å². The number of thiazole rings is 1. The van der Waals surface area contributed by atoms with Crippen molar-refractivity contribution in [1.29, 1.82) is 0 Å². The van der Waals surface area contributed by atoms with E-state index in [1.807, 2.05) is 64.1 Å². The number of fused-ring (bicyclic) bond motifs is 1. The number of carbonyl (C=O) groups is 2. The van der Waals surface area contributed by atoms with Crippen molar-refractivity contribution in [1.82, 2.24) is 9.88 Å². The molecular weight excluding hydrogens is 505 g/mol. The summed E-state index contributed by atoms with van der Waals surface area (Å²) in [6.07, 6.45) is 0. The van der Waals surface area contributed by atoms with Crippen LogP contribution in [0, 0.1) is 13.8 Å². The van der Waals surface area contributed by atoms with Gasteiger partial charge >= 0.3 is 0 Å². The Hall–Kier alpha value is -2.14. The largest absolute Gasteiger partial charge is 0.358 e. The Kier molecular flexibility index (Phi) is 9.75. The second-order valence-corrected chi connectivity index (χ2v) is 11.5. The van der Waals surface area contributed by atoms with Crippen molar-refractivity contribution >= 4 is 84.8 Å². The zero-order valence-electron chi connectivity index (χ0n) is 19.6. The van der Waals surface area contributed by atoms with Crippen LogP contribution in [0.15, 0.2) is 40.7 Å². The van der Waals surface area contributed by atoms with Crippen LogP contribution in [0.3, 0.4) is 0 Å². The first-order valence-electron chi connectivity index (χ1n) is 10.9. The molecule has 0 radical (unpaired) electrons. The maximum Gasteiger partial charge on any atom is 0.234 e. The highest BCUT2D eigenvalue weighted by atomic mass is 32.2. The van der Waals surface area contributed by atoms with Crippen LogP contribution in [0.4, 0.5) is 11.4 Å². The van der Waals surface area contributed by atoms with E-state index in [-0.39, 0.29) is 23.3 Å². The van der Waals surface area contributed by atoms with Crippen molar-refractivity contribution in [3.63, 3.8) is 0 Å². The summed E-state index contributed by atoms with van der Waals surface area (Å²) in [5.74, 6) is 0.387. The van der Waals surface area contributed by atoms with Gasteiger partial charge < -0.3 is 15.5 Å². The lowest BCUT2D eigenvalue weighted by Crippen LogP contribution is -2.28. The zero-order chi connectivity index (χ0) is 24.7. The molecule has 0 aliphatic rings. The number of aryl methyl sites for hydroxylation is 2. The van der Waals surface area contributed by atoms with Crippen molar-refractivity contribution in [2.45, 2.75) is 32.0 Å². The SMILES string of the molecule is CCN(CC)C(=S)SCC(=O)Nc1ccc2nc(SCC(=O)Nc3ccc(C)cc3C)sc2c1. The number of nitrogens with one attached hydrogen (secondary N) is 2. The third kappa shape index (κ3) is 7.43. The Morgan fingerprint density at radius 2 is 1.76 bits per heavy atom. The van der Waals surface area contributed by atoms with Crippen molar-refractivity contribution in [2.24, 2.45) is 0 Å². The summed E-state index contributed by atoms with van der Waals surface area (Å²) in [7, 11) is 0. The first-order valence-corrected chi connectivity index (χ1v) is 14.1. The fraction of sp³-hybridized carbons (Fsp3) is 0.333. The monoisotopic (exact) mass is 532 g/mol. The highest BCUT2D eigenvalue weighted by Gasteiger charge is 2.12. The second kappa shape index (κ2) is 12.5. The fourth-order valence-electron chi connectivity index (χ4n) is 3.21. The van der Waals surface area contributed by atoms with Crippen molar-refractivity contribution in [3.05, 3.63) is 47.5 Å². The number of anilines is 2. The number of amides is 2. The third-order valence-corrected chi connectivity index (χ3v) is 8.67. The fourth-order valence-corrected chi connectivity index (χ4v) is 6.32. The molecule has 6 nitrogen and oxygen atoms in total. The molecule has 0 aliphatic carbocycles. The molecule has 0 bridgehead atoms. The molecule has 3 aromatic rings. The van der Waals surface area contributed by atoms with Gasteiger partial charge in [0.2, 0.25) is 11.8 Å². The van der Waals surface area contributed by atoms with E-state index in [2.05, 4.69) is 20.5 Å². The predicted molar refractivity (Wildman–Crippen MR) is 151 cm³/mol. The Labute approximate surface area is 218 Å². The van der Waals surface area contributed by atoms with Crippen LogP contribution in [0.1, 0.15) is 25.0 Å². The minimum Gasteiger partial charge on any atom is -0.358 e. The van der Waals surface area contributed by atoms with E-state index in [1.165, 1.54) is 34.9 Å². The van der Waals surface area contributed by atoms with Crippen LogP contribution >= 0.6 is 47.1 Å². The summed E-state index contributed by atoms with van der Waals surface area (Å²) < 4.78 is 2.51. The van der Waals surface area contributed by atoms with Crippen LogP contribution in [0.2, 0.25) is 0 Å². The zero-order valence-corrected chi connectivity index (χ0v) is 22.9. The Bertz CT molecular complexity index is 1190. The van der Waals surface area contributed by atoms with Crippen LogP contribution < -0.4 is 10.6 Å². The van der Waals surface area contributed by atoms with Crippen LogP contribution in [-0.2, 0) is 9.59 Å². The van der Waals surface area contributed by atoms with E-state index in [1.54, 1.807) is 0 Å². The number of hydrogen-bond acceptors (Lipinski definition) is 7. The average molecular weight is 533 g/mol. The topological polar surface area (TPSA) is 74.3 Å². The lowest BCUT2D eigenvalue weighted by molar-refractivity contribution is -0.114. The molecule has 34 heavy (non-hydrogen) atoms. The van der Waals surface area contributed by atoms with E-state index >= 15 is 0 Å². The van der Waals surface area contributed by atoms with Gasteiger partial charge in [-0.1, -0.05) is 53.4 Å². The Morgan fingerprint density at radius 3 is 2.47 bits per heavy atom. The summed E-state index contributed by atoms with van der Waals surface area (Å²) in [4.78, 5) is 31.4. The summed E-state index contributed by atoms with van der Waals surface area (Å²) in [5.41, 5.74) is 4.60. The standard InChI is InChI=1S/C24H28N4O2S4/c1-5-28(6-2)24(31)33-14-21(29)25-17-8-10-19-20(12-17)34-23(27-19)32-13-22(30)26-18-9-7-15(3)11-16(18)4/h7-12H,5-6,13-14H2,1-4H3,(H,25,29)(H,26,30). The van der Waals surface area contributed by atoms with Gasteiger partial charge in [-0.2, -0.15) is 0 Å². The van der Waals surface area contributed by atoms with Crippen LogP contribution in [-0.4, -0.2) is 50.6 Å². The highest BCUT2D eigenvalue weighted by molar-refractivity contribution is 8.23. The summed E-state index contributed by atoms with van der Waals surface area (Å²) in [6, 6.07) is 11.6. The van der Waals surface area contributed by atoms with E-state index in [4.69, 9.17) is 12.2 Å². The van der Waals surface area contributed by atoms with Crippen LogP contribution in [0.25, 0.3) is 10.2 Å². The molecule has 0 unspecified atom stereocenters. The maximum atomic E-state index is 12.4. The third-order valence-electron chi connectivity index (χ3n) is 4.98. The molecule has 2 aromatic carbocycles. The number of thioether (sulfide) groups is 2. The molecule has 0 fully saturated rings. The van der Waals surface area contributed by atoms with Gasteiger partial charge in [0.1, 0.15) is 4.32 Å². The second-order valence-electron chi connectivity index (χ2n) is 7.59. The molecule has 3 rings (SSSR count). The quantitative estimate of drug-likeness (QED) is 0.261. The van der Waals surface area contributed by atoms with Gasteiger partial charge in [0.05, 0.1) is 21.7 Å². The van der Waals surface area contributed by atoms with Gasteiger partial charge in [-0.25, -0.2) is 4.98 Å². The number of aromatic nitrogens is 1. The molecule has 1 aromatic heterocycles. The molecule has 0 aliphatic heterocycles. The first-order chi connectivity index (χ1) is 16.3. The minimum absolute atomic E-state index is 0.0655. The lowest BCUT2D eigenvalue weighted by atomic mass is 10.1. The molecule has 10 heteroatoms. The number of carbonyl (C=O) groups excluding carboxylic acids is 2. The van der Waals surface area contributed by atoms with E-state index in [9.17, 15) is 9.59 Å². The molecule has 1 heterocycles. The first kappa shape index (κ1) is 26.5. The van der Waals surface area contributed by atoms with Crippen molar-refractivity contribution in [3.8, 4) is 0 Å². The number of nitrogens with zero attached hydrogens (tertiary/aromatic N) is 2. The summed E-state index contributed by atoms with van der Waals surface area (Å²) in [5, 5.41) is 5.89. The summed E-state index contributed by atoms with van der Waals surface area (Å²) in [6.45, 7) is 9.77. The van der Waals surface area contributed by atoms with Gasteiger partial charge in [0.15, 0.2) is 4.34 Å². The van der Waals surface area contributed by atoms with Gasteiger partial charge in [-0.05, 0) is 57.5 Å². The van der Waals surface area contributed by atoms with Gasteiger partial charge in [0, 0.05) is 24.5 Å². The molecule has 0 saturated heterocycles. The van der Waals surface area contributed by atoms with Gasteiger partial charge in [-0.15, -0.1) is 11.3 Å². The number of benzene rings is 2. The Morgan fingerprint density at radius 1 is 1.03 bits per heavy atom. The molecule has 180 valence electrons. The molecule has 0 atom stereocenters. The Balaban J connectivity index is 1.53.